The Morgan fingerprint density at radius 1 is 0.714 bits per heavy atom. The second-order valence-corrected chi connectivity index (χ2v) is 2.99. The molecule has 0 aromatic carbocycles. The molecule has 0 aromatic rings. The predicted molar refractivity (Wildman–Crippen MR) is 59.4 cm³/mol. The van der Waals surface area contributed by atoms with Gasteiger partial charge < -0.3 is 50.5 Å². The minimum atomic E-state index is -1.44. The van der Waals surface area contributed by atoms with Gasteiger partial charge in [0, 0.05) is 0 Å². The smallest absolute Gasteiger partial charge is 0.547 e. The van der Waals surface area contributed by atoms with Gasteiger partial charge in [0.05, 0.1) is 36.2 Å². The summed E-state index contributed by atoms with van der Waals surface area (Å²) in [6.45, 7) is 3.40. The van der Waals surface area contributed by atoms with Crippen LogP contribution in [0.15, 0.2) is 0 Å². The molecule has 0 amide bonds. The Morgan fingerprint density at radius 3 is 0.762 bits per heavy atom. The third-order valence-corrected chi connectivity index (χ3v) is 1.02. The molecule has 0 saturated carbocycles. The first-order valence-corrected chi connectivity index (χ1v) is 4.60. The van der Waals surface area contributed by atoms with Gasteiger partial charge in [0.25, 0.3) is 0 Å². The van der Waals surface area contributed by atoms with Gasteiger partial charge in [-0.1, -0.05) is 0 Å². The maximum Gasteiger partial charge on any atom is 2.00 e. The van der Waals surface area contributed by atoms with Crippen LogP contribution < -0.4 is 44.9 Å². The average Bonchev–Trinajstić information content (AvgIpc) is 2.18. The second-order valence-electron chi connectivity index (χ2n) is 2.99. The molecule has 0 spiro atoms. The summed E-state index contributed by atoms with van der Waals surface area (Å²) in [5.41, 5.74) is 0. The Kier molecular flexibility index (Phi) is 40.8. The van der Waals surface area contributed by atoms with E-state index in [1.54, 1.807) is 0 Å². The molecule has 0 heterocycles. The van der Waals surface area contributed by atoms with Crippen molar-refractivity contribution in [3.05, 3.63) is 0 Å². The largest absolute Gasteiger partial charge is 2.00 e. The Hall–Kier alpha value is 0.510. The number of carboxylic acid groups (broad SMARTS) is 3. The SMILES string of the molecule is CC(O)C(=O)[O-].CC(O)C(=O)[O-].CC(O)C(=O)[O-].O.[Ca+2].[Na+]. The first kappa shape index (κ1) is 37.6. The molecule has 12 heteroatoms. The molecule has 21 heavy (non-hydrogen) atoms. The minimum Gasteiger partial charge on any atom is -0.547 e. The van der Waals surface area contributed by atoms with E-state index in [4.69, 9.17) is 15.3 Å². The van der Waals surface area contributed by atoms with E-state index in [1.807, 2.05) is 0 Å². The summed E-state index contributed by atoms with van der Waals surface area (Å²) in [5.74, 6) is -4.31. The van der Waals surface area contributed by atoms with Gasteiger partial charge in [-0.2, -0.15) is 0 Å². The monoisotopic (exact) mass is 348 g/mol. The summed E-state index contributed by atoms with van der Waals surface area (Å²) in [5, 5.41) is 51.9. The van der Waals surface area contributed by atoms with Crippen molar-refractivity contribution < 1.29 is 80.1 Å². The summed E-state index contributed by atoms with van der Waals surface area (Å²) in [6.07, 6.45) is -4.03. The van der Waals surface area contributed by atoms with Crippen LogP contribution in [0, 0.1) is 0 Å². The van der Waals surface area contributed by atoms with Crippen molar-refractivity contribution in [2.75, 3.05) is 0 Å². The van der Waals surface area contributed by atoms with E-state index in [9.17, 15) is 29.7 Å². The number of aliphatic hydroxyl groups excluding tert-OH is 3. The van der Waals surface area contributed by atoms with Crippen molar-refractivity contribution in [1.29, 1.82) is 0 Å². The van der Waals surface area contributed by atoms with Crippen LogP contribution >= 0.6 is 0 Å². The normalized spacial score (nSPS) is 11.7. The average molecular weight is 348 g/mol. The van der Waals surface area contributed by atoms with E-state index in [1.165, 1.54) is 0 Å². The van der Waals surface area contributed by atoms with Crippen molar-refractivity contribution in [2.24, 2.45) is 0 Å². The summed E-state index contributed by atoms with van der Waals surface area (Å²) < 4.78 is 0. The van der Waals surface area contributed by atoms with Gasteiger partial charge in [-0.25, -0.2) is 0 Å². The quantitative estimate of drug-likeness (QED) is 0.412. The number of rotatable bonds is 3. The summed E-state index contributed by atoms with van der Waals surface area (Å²) in [7, 11) is 0. The number of carboxylic acids is 3. The maximum absolute atomic E-state index is 9.34. The molecule has 0 bridgehead atoms. The molecule has 0 radical (unpaired) electrons. The van der Waals surface area contributed by atoms with E-state index in [2.05, 4.69) is 0 Å². The number of carbonyl (C=O) groups excluding carboxylic acids is 3. The first-order chi connectivity index (χ1) is 7.93. The van der Waals surface area contributed by atoms with Crippen LogP contribution in [-0.2, 0) is 14.4 Å². The van der Waals surface area contributed by atoms with Crippen LogP contribution in [0.1, 0.15) is 20.8 Å². The maximum atomic E-state index is 9.34. The number of hydrogen-bond donors (Lipinski definition) is 3. The predicted octanol–water partition coefficient (Wildman–Crippen LogP) is -9.85. The van der Waals surface area contributed by atoms with Crippen LogP contribution in [0.4, 0.5) is 0 Å². The fraction of sp³-hybridized carbons (Fsp3) is 0.667. The van der Waals surface area contributed by atoms with Gasteiger partial charge in [0.15, 0.2) is 0 Å². The zero-order valence-electron chi connectivity index (χ0n) is 12.2. The molecule has 0 fully saturated rings. The number of aliphatic carboxylic acids is 3. The Balaban J connectivity index is -0.0000000375. The summed E-state index contributed by atoms with van der Waals surface area (Å²) >= 11 is 0. The summed E-state index contributed by atoms with van der Waals surface area (Å²) in [6, 6.07) is 0. The van der Waals surface area contributed by atoms with Crippen LogP contribution in [0.3, 0.4) is 0 Å². The second kappa shape index (κ2) is 22.8. The summed E-state index contributed by atoms with van der Waals surface area (Å²) in [4.78, 5) is 28.0. The molecule has 10 nitrogen and oxygen atoms in total. The molecule has 3 atom stereocenters. The van der Waals surface area contributed by atoms with Crippen LogP contribution in [0.25, 0.3) is 0 Å². The Labute approximate surface area is 173 Å². The number of hydrogen-bond acceptors (Lipinski definition) is 9. The Bertz CT molecular complexity index is 226. The van der Waals surface area contributed by atoms with Crippen LogP contribution in [0.5, 0.6) is 0 Å². The standard InChI is InChI=1S/3C3H6O3.Ca.Na.H2O/c3*1-2(4)3(5)6;;;/h3*2,4H,1H3,(H,5,6);;;1H2/q;;;+2;+1;/p-3. The van der Waals surface area contributed by atoms with Gasteiger partial charge >= 0.3 is 67.3 Å². The molecule has 0 aromatic heterocycles. The fourth-order valence-electron chi connectivity index (χ4n) is 0. The number of carbonyl (C=O) groups is 3. The van der Waals surface area contributed by atoms with E-state index < -0.39 is 36.2 Å². The van der Waals surface area contributed by atoms with Gasteiger partial charge in [-0.05, 0) is 20.8 Å². The van der Waals surface area contributed by atoms with Crippen molar-refractivity contribution in [2.45, 2.75) is 39.1 Å². The fourth-order valence-corrected chi connectivity index (χ4v) is 0. The van der Waals surface area contributed by atoms with E-state index >= 15 is 0 Å². The van der Waals surface area contributed by atoms with Crippen molar-refractivity contribution in [3.8, 4) is 0 Å². The molecule has 116 valence electrons. The molecule has 0 saturated heterocycles. The molecule has 5 N–H and O–H groups in total. The Morgan fingerprint density at radius 2 is 0.762 bits per heavy atom. The third kappa shape index (κ3) is 44.9. The molecule has 0 rings (SSSR count). The van der Waals surface area contributed by atoms with Crippen molar-refractivity contribution in [1.82, 2.24) is 0 Å². The van der Waals surface area contributed by atoms with Crippen LogP contribution in [-0.4, -0.2) is 94.8 Å². The molecular weight excluding hydrogens is 331 g/mol. The van der Waals surface area contributed by atoms with Gasteiger partial charge in [0.2, 0.25) is 0 Å². The molecule has 0 aliphatic carbocycles. The molecule has 0 aliphatic rings. The van der Waals surface area contributed by atoms with Gasteiger partial charge in [0.1, 0.15) is 0 Å². The molecule has 0 aliphatic heterocycles. The van der Waals surface area contributed by atoms with E-state index in [-0.39, 0.29) is 72.8 Å². The van der Waals surface area contributed by atoms with E-state index in [0.29, 0.717) is 0 Å². The third-order valence-electron chi connectivity index (χ3n) is 1.02. The topological polar surface area (TPSA) is 213 Å². The number of aliphatic hydroxyl groups is 3. The van der Waals surface area contributed by atoms with Crippen molar-refractivity contribution >= 4 is 55.6 Å². The molecule has 3 unspecified atom stereocenters. The van der Waals surface area contributed by atoms with Gasteiger partial charge in [-0.3, -0.25) is 0 Å². The zero-order chi connectivity index (χ0) is 15.5. The zero-order valence-corrected chi connectivity index (χ0v) is 16.4. The van der Waals surface area contributed by atoms with Gasteiger partial charge in [-0.15, -0.1) is 0 Å². The van der Waals surface area contributed by atoms with Crippen LogP contribution in [0.2, 0.25) is 0 Å². The minimum absolute atomic E-state index is 0. The molecular formula is C9H17CaNaO10. The van der Waals surface area contributed by atoms with E-state index in [0.717, 1.165) is 20.8 Å². The first-order valence-electron chi connectivity index (χ1n) is 4.60. The van der Waals surface area contributed by atoms with Crippen molar-refractivity contribution in [3.63, 3.8) is 0 Å².